The molecule has 0 atom stereocenters. The van der Waals surface area contributed by atoms with Crippen LogP contribution in [0.4, 0.5) is 0 Å². The Morgan fingerprint density at radius 2 is 1.67 bits per heavy atom. The fourth-order valence-corrected chi connectivity index (χ4v) is 3.09. The summed E-state index contributed by atoms with van der Waals surface area (Å²) in [6, 6.07) is 15.4. The van der Waals surface area contributed by atoms with Crippen LogP contribution >= 0.6 is 0 Å². The van der Waals surface area contributed by atoms with E-state index in [2.05, 4.69) is 48.0 Å². The van der Waals surface area contributed by atoms with Gasteiger partial charge < -0.3 is 0 Å². The van der Waals surface area contributed by atoms with E-state index in [1.54, 1.807) is 4.16 Å². The molecule has 2 aromatic carbocycles. The molecular weight excluding hydrogens is 198 g/mol. The molecule has 0 heterocycles. The molecule has 0 N–H and O–H groups in total. The van der Waals surface area contributed by atoms with E-state index in [9.17, 15) is 0 Å². The zero-order valence-corrected chi connectivity index (χ0v) is 10.2. The van der Waals surface area contributed by atoms with Gasteiger partial charge in [-0.1, -0.05) is 0 Å². The molecule has 0 aromatic heterocycles. The van der Waals surface area contributed by atoms with E-state index in [1.165, 1.54) is 10.8 Å². The van der Waals surface area contributed by atoms with Crippen LogP contribution in [0.2, 0.25) is 5.52 Å². The molecule has 12 heavy (non-hydrogen) atoms. The van der Waals surface area contributed by atoms with Gasteiger partial charge in [0.2, 0.25) is 0 Å². The monoisotopic (exact) mass is 206 g/mol. The van der Waals surface area contributed by atoms with Crippen LogP contribution in [-0.4, -0.2) is 0 Å². The zero-order valence-electron chi connectivity index (χ0n) is 7.25. The summed E-state index contributed by atoms with van der Waals surface area (Å²) < 4.78 is 1.60. The Hall–Kier alpha value is -0.677. The van der Waals surface area contributed by atoms with Crippen molar-refractivity contribution >= 4 is 14.9 Å². The third-order valence-electron chi connectivity index (χ3n) is 2.22. The van der Waals surface area contributed by atoms with Gasteiger partial charge in [0.1, 0.15) is 0 Å². The van der Waals surface area contributed by atoms with Gasteiger partial charge in [0, 0.05) is 0 Å². The van der Waals surface area contributed by atoms with Gasteiger partial charge in [-0.2, -0.15) is 0 Å². The summed E-state index contributed by atoms with van der Waals surface area (Å²) >= 11 is -0.386. The summed E-state index contributed by atoms with van der Waals surface area (Å²) in [6.07, 6.45) is 0. The molecule has 0 amide bonds. The first-order valence-electron chi connectivity index (χ1n) is 4.38. The molecule has 0 aliphatic heterocycles. The van der Waals surface area contributed by atoms with E-state index in [1.807, 2.05) is 0 Å². The van der Waals surface area contributed by atoms with Gasteiger partial charge in [-0.15, -0.1) is 0 Å². The second-order valence-electron chi connectivity index (χ2n) is 3.04. The van der Waals surface area contributed by atoms with Crippen LogP contribution in [0.3, 0.4) is 0 Å². The number of hydrogen-bond acceptors (Lipinski definition) is 0. The van der Waals surface area contributed by atoms with Crippen LogP contribution in [-0.2, 0) is 17.1 Å². The first-order chi connectivity index (χ1) is 5.90. The molecule has 56 valence electrons. The third-order valence-corrected chi connectivity index (χ3v) is 4.86. The molecule has 1 heteroatoms. The average molecular weight is 208 g/mol. The van der Waals surface area contributed by atoms with Crippen molar-refractivity contribution in [3.63, 3.8) is 0 Å². The van der Waals surface area contributed by atoms with Gasteiger partial charge >= 0.3 is 80.0 Å². The number of benzene rings is 2. The first-order valence-corrected chi connectivity index (χ1v) is 8.83. The molecule has 0 aliphatic rings. The summed E-state index contributed by atoms with van der Waals surface area (Å²) in [5.41, 5.74) is 2.37. The molecule has 0 bridgehead atoms. The van der Waals surface area contributed by atoms with Crippen molar-refractivity contribution in [3.8, 4) is 0 Å². The molecule has 0 nitrogen and oxygen atoms in total. The maximum absolute atomic E-state index is 2.37. The number of fused-ring (bicyclic) bond motifs is 1. The van der Waals surface area contributed by atoms with Crippen molar-refractivity contribution in [1.82, 2.24) is 0 Å². The maximum atomic E-state index is 2.37. The Kier molecular flexibility index (Phi) is 2.23. The van der Waals surface area contributed by atoms with Crippen molar-refractivity contribution < 1.29 is 17.1 Å². The standard InChI is InChI=1S/C10H7.CH3.Zn/c1-2-6-10-8-4-3-7-9(10)5-1;;/h1-3,5-8H;1H3;. The third kappa shape index (κ3) is 1.42. The molecule has 0 saturated heterocycles. The predicted octanol–water partition coefficient (Wildman–Crippen LogP) is 2.60. The molecule has 2 aromatic rings. The Bertz CT molecular complexity index is 393. The van der Waals surface area contributed by atoms with Crippen LogP contribution in [0.25, 0.3) is 10.8 Å². The van der Waals surface area contributed by atoms with Crippen molar-refractivity contribution in [2.75, 3.05) is 0 Å². The molecule has 0 saturated carbocycles. The molecule has 0 aliphatic carbocycles. The minimum atomic E-state index is -0.386. The second kappa shape index (κ2) is 3.37. The normalized spacial score (nSPS) is 9.75. The summed E-state index contributed by atoms with van der Waals surface area (Å²) in [5, 5.41) is 2.75. The summed E-state index contributed by atoms with van der Waals surface area (Å²) in [6.45, 7) is 0. The van der Waals surface area contributed by atoms with Crippen molar-refractivity contribution in [3.05, 3.63) is 42.5 Å². The van der Waals surface area contributed by atoms with Gasteiger partial charge in [0.05, 0.1) is 0 Å². The fourth-order valence-electron chi connectivity index (χ4n) is 1.46. The molecule has 0 radical (unpaired) electrons. The van der Waals surface area contributed by atoms with Crippen molar-refractivity contribution in [2.24, 2.45) is 0 Å². The number of rotatable bonds is 1. The Morgan fingerprint density at radius 3 is 2.42 bits per heavy atom. The molecule has 2 rings (SSSR count). The quantitative estimate of drug-likeness (QED) is 0.631. The van der Waals surface area contributed by atoms with Gasteiger partial charge in [-0.25, -0.2) is 0 Å². The molecule has 0 spiro atoms. The Balaban J connectivity index is 2.67. The van der Waals surface area contributed by atoms with Gasteiger partial charge in [-0.3, -0.25) is 0 Å². The summed E-state index contributed by atoms with van der Waals surface area (Å²) in [4.78, 5) is 0. The average Bonchev–Trinajstić information content (AvgIpc) is 2.17. The van der Waals surface area contributed by atoms with E-state index in [4.69, 9.17) is 0 Å². The van der Waals surface area contributed by atoms with E-state index >= 15 is 0 Å². The van der Waals surface area contributed by atoms with Gasteiger partial charge in [0.25, 0.3) is 0 Å². The van der Waals surface area contributed by atoms with E-state index in [-0.39, 0.29) is 17.1 Å². The number of hydrogen-bond donors (Lipinski definition) is 0. The zero-order chi connectivity index (χ0) is 8.39. The SMILES string of the molecule is [CH3][Zn][c]1ccc2ccccc2c1. The first kappa shape index (κ1) is 7.95. The van der Waals surface area contributed by atoms with E-state index < -0.39 is 0 Å². The van der Waals surface area contributed by atoms with Crippen LogP contribution in [0.1, 0.15) is 0 Å². The van der Waals surface area contributed by atoms with Crippen LogP contribution < -0.4 is 4.16 Å². The summed E-state index contributed by atoms with van der Waals surface area (Å²) in [5.74, 6) is 0. The minimum absolute atomic E-state index is 0.386. The van der Waals surface area contributed by atoms with E-state index in [0.29, 0.717) is 0 Å². The van der Waals surface area contributed by atoms with Crippen LogP contribution in [0.5, 0.6) is 0 Å². The Labute approximate surface area is 80.2 Å². The predicted molar refractivity (Wildman–Crippen MR) is 49.4 cm³/mol. The van der Waals surface area contributed by atoms with Crippen molar-refractivity contribution in [2.45, 2.75) is 5.52 Å². The van der Waals surface area contributed by atoms with Gasteiger partial charge in [-0.05, 0) is 0 Å². The topological polar surface area (TPSA) is 0 Å². The molecule has 0 fully saturated rings. The van der Waals surface area contributed by atoms with Crippen LogP contribution in [0, 0.1) is 0 Å². The molecular formula is C11H10Zn. The second-order valence-corrected chi connectivity index (χ2v) is 6.23. The van der Waals surface area contributed by atoms with Crippen LogP contribution in [0.15, 0.2) is 42.5 Å². The fraction of sp³-hybridized carbons (Fsp3) is 0.0909. The molecule has 0 unspecified atom stereocenters. The summed E-state index contributed by atoms with van der Waals surface area (Å²) in [7, 11) is 0. The van der Waals surface area contributed by atoms with Crippen molar-refractivity contribution in [1.29, 1.82) is 0 Å². The van der Waals surface area contributed by atoms with Gasteiger partial charge in [0.15, 0.2) is 0 Å². The van der Waals surface area contributed by atoms with E-state index in [0.717, 1.165) is 0 Å². The Morgan fingerprint density at radius 1 is 0.917 bits per heavy atom.